The fraction of sp³-hybridized carbons (Fsp3) is 0.333. The second-order valence-corrected chi connectivity index (χ2v) is 3.70. The van der Waals surface area contributed by atoms with Crippen LogP contribution in [0.2, 0.25) is 0 Å². The van der Waals surface area contributed by atoms with Gasteiger partial charge >= 0.3 is 6.09 Å². The van der Waals surface area contributed by atoms with E-state index in [4.69, 9.17) is 20.7 Å². The second-order valence-electron chi connectivity index (χ2n) is 3.70. The number of nitrogens with one attached hydrogen (secondary N) is 2. The maximum Gasteiger partial charge on any atom is 0.407 e. The standard InChI is InChI=1S/C12H18N4O3/c1-16(11(13)14)19-8-7-15-12(17)18-9-10-5-3-2-4-6-10/h2-6H,7-9H2,1H3,(H3,13,14)(H,15,17). The van der Waals surface area contributed by atoms with Crippen molar-refractivity contribution in [1.29, 1.82) is 5.41 Å². The minimum Gasteiger partial charge on any atom is -0.445 e. The Balaban J connectivity index is 2.10. The Morgan fingerprint density at radius 1 is 1.42 bits per heavy atom. The Labute approximate surface area is 111 Å². The van der Waals surface area contributed by atoms with Gasteiger partial charge in [-0.25, -0.2) is 9.86 Å². The topological polar surface area (TPSA) is 101 Å². The minimum absolute atomic E-state index is 0.202. The third kappa shape index (κ3) is 6.27. The molecule has 7 nitrogen and oxygen atoms in total. The van der Waals surface area contributed by atoms with Gasteiger partial charge in [0, 0.05) is 13.6 Å². The van der Waals surface area contributed by atoms with Gasteiger partial charge in [-0.2, -0.15) is 0 Å². The van der Waals surface area contributed by atoms with Crippen LogP contribution in [0.3, 0.4) is 0 Å². The fourth-order valence-corrected chi connectivity index (χ4v) is 1.18. The molecule has 1 amide bonds. The molecule has 0 heterocycles. The smallest absolute Gasteiger partial charge is 0.407 e. The zero-order valence-corrected chi connectivity index (χ0v) is 10.8. The Hall–Kier alpha value is -2.28. The second kappa shape index (κ2) is 7.93. The Morgan fingerprint density at radius 2 is 2.11 bits per heavy atom. The van der Waals surface area contributed by atoms with E-state index in [-0.39, 0.29) is 25.7 Å². The van der Waals surface area contributed by atoms with E-state index >= 15 is 0 Å². The third-order valence-electron chi connectivity index (χ3n) is 2.21. The molecule has 4 N–H and O–H groups in total. The number of hydroxylamine groups is 2. The quantitative estimate of drug-likeness (QED) is 0.304. The van der Waals surface area contributed by atoms with E-state index in [2.05, 4.69) is 5.32 Å². The van der Waals surface area contributed by atoms with Gasteiger partial charge in [-0.3, -0.25) is 10.2 Å². The number of hydrogen-bond donors (Lipinski definition) is 3. The van der Waals surface area contributed by atoms with E-state index in [1.54, 1.807) is 0 Å². The molecule has 1 rings (SSSR count). The van der Waals surface area contributed by atoms with Crippen LogP contribution in [-0.2, 0) is 16.2 Å². The molecule has 0 saturated heterocycles. The van der Waals surface area contributed by atoms with Gasteiger partial charge < -0.3 is 15.8 Å². The summed E-state index contributed by atoms with van der Waals surface area (Å²) in [5.41, 5.74) is 6.08. The Kier molecular flexibility index (Phi) is 6.17. The predicted octanol–water partition coefficient (Wildman–Crippen LogP) is 0.670. The molecule has 1 aromatic carbocycles. The lowest BCUT2D eigenvalue weighted by atomic mass is 10.2. The normalized spacial score (nSPS) is 9.74. The molecule has 19 heavy (non-hydrogen) atoms. The van der Waals surface area contributed by atoms with Crippen molar-refractivity contribution in [2.45, 2.75) is 6.61 Å². The van der Waals surface area contributed by atoms with Gasteiger partial charge in [0.2, 0.25) is 5.96 Å². The Morgan fingerprint density at radius 3 is 2.74 bits per heavy atom. The summed E-state index contributed by atoms with van der Waals surface area (Å²) in [6, 6.07) is 9.40. The van der Waals surface area contributed by atoms with Crippen molar-refractivity contribution in [3.8, 4) is 0 Å². The molecular formula is C12H18N4O3. The first-order valence-electron chi connectivity index (χ1n) is 5.75. The summed E-state index contributed by atoms with van der Waals surface area (Å²) in [6.07, 6.45) is -0.516. The van der Waals surface area contributed by atoms with Crippen LogP contribution in [0, 0.1) is 5.41 Å². The van der Waals surface area contributed by atoms with Crippen LogP contribution >= 0.6 is 0 Å². The first-order chi connectivity index (χ1) is 9.09. The largest absolute Gasteiger partial charge is 0.445 e. The van der Waals surface area contributed by atoms with Crippen LogP contribution in [0.5, 0.6) is 0 Å². The summed E-state index contributed by atoms with van der Waals surface area (Å²) in [7, 11) is 1.51. The molecular weight excluding hydrogens is 248 g/mol. The predicted molar refractivity (Wildman–Crippen MR) is 70.3 cm³/mol. The lowest BCUT2D eigenvalue weighted by Gasteiger charge is -2.15. The van der Waals surface area contributed by atoms with Gasteiger partial charge in [0.1, 0.15) is 6.61 Å². The van der Waals surface area contributed by atoms with E-state index in [0.717, 1.165) is 10.6 Å². The average Bonchev–Trinajstić information content (AvgIpc) is 2.42. The van der Waals surface area contributed by atoms with E-state index < -0.39 is 6.09 Å². The third-order valence-corrected chi connectivity index (χ3v) is 2.21. The van der Waals surface area contributed by atoms with Crippen molar-refractivity contribution in [2.75, 3.05) is 20.2 Å². The summed E-state index contributed by atoms with van der Waals surface area (Å²) in [6.45, 7) is 0.697. The number of benzene rings is 1. The van der Waals surface area contributed by atoms with Crippen molar-refractivity contribution in [3.63, 3.8) is 0 Å². The van der Waals surface area contributed by atoms with Crippen LogP contribution in [-0.4, -0.2) is 37.3 Å². The molecule has 7 heteroatoms. The van der Waals surface area contributed by atoms with Crippen molar-refractivity contribution in [2.24, 2.45) is 5.73 Å². The van der Waals surface area contributed by atoms with Crippen molar-refractivity contribution >= 4 is 12.1 Å². The number of ether oxygens (including phenoxy) is 1. The number of amides is 1. The monoisotopic (exact) mass is 266 g/mol. The van der Waals surface area contributed by atoms with Gasteiger partial charge in [0.15, 0.2) is 0 Å². The highest BCUT2D eigenvalue weighted by atomic mass is 16.7. The SMILES string of the molecule is CN(OCCNC(=O)OCc1ccccc1)C(=N)N. The van der Waals surface area contributed by atoms with Gasteiger partial charge in [-0.1, -0.05) is 30.3 Å². The highest BCUT2D eigenvalue weighted by molar-refractivity contribution is 5.73. The summed E-state index contributed by atoms with van der Waals surface area (Å²) in [5, 5.41) is 10.7. The maximum atomic E-state index is 11.3. The summed E-state index contributed by atoms with van der Waals surface area (Å²) < 4.78 is 5.00. The number of carbonyl (C=O) groups excluding carboxylic acids is 1. The molecule has 1 aromatic rings. The lowest BCUT2D eigenvalue weighted by Crippen LogP contribution is -2.36. The van der Waals surface area contributed by atoms with E-state index in [9.17, 15) is 4.79 Å². The number of rotatable bonds is 6. The van der Waals surface area contributed by atoms with Gasteiger partial charge in [0.25, 0.3) is 0 Å². The number of nitrogens with two attached hydrogens (primary N) is 1. The summed E-state index contributed by atoms with van der Waals surface area (Å²) in [4.78, 5) is 16.4. The number of carbonyl (C=O) groups is 1. The molecule has 0 saturated carbocycles. The molecule has 0 aliphatic rings. The molecule has 0 aliphatic carbocycles. The van der Waals surface area contributed by atoms with Crippen molar-refractivity contribution < 1.29 is 14.4 Å². The molecule has 0 radical (unpaired) electrons. The molecule has 104 valence electrons. The maximum absolute atomic E-state index is 11.3. The lowest BCUT2D eigenvalue weighted by molar-refractivity contribution is -0.0789. The highest BCUT2D eigenvalue weighted by Crippen LogP contribution is 2.00. The minimum atomic E-state index is -0.516. The first-order valence-corrected chi connectivity index (χ1v) is 5.75. The zero-order chi connectivity index (χ0) is 14.1. The zero-order valence-electron chi connectivity index (χ0n) is 10.8. The number of alkyl carbamates (subject to hydrolysis) is 1. The van der Waals surface area contributed by atoms with Gasteiger partial charge in [-0.05, 0) is 5.56 Å². The van der Waals surface area contributed by atoms with Gasteiger partial charge in [-0.15, -0.1) is 0 Å². The molecule has 0 aromatic heterocycles. The molecule has 0 spiro atoms. The molecule has 0 bridgehead atoms. The molecule has 0 unspecified atom stereocenters. The molecule has 0 atom stereocenters. The summed E-state index contributed by atoms with van der Waals surface area (Å²) >= 11 is 0. The molecule has 0 aliphatic heterocycles. The molecule has 0 fully saturated rings. The van der Waals surface area contributed by atoms with Crippen LogP contribution < -0.4 is 11.1 Å². The average molecular weight is 266 g/mol. The van der Waals surface area contributed by atoms with E-state index in [1.807, 2.05) is 30.3 Å². The first kappa shape index (κ1) is 14.8. The number of hydrogen-bond acceptors (Lipinski definition) is 4. The number of guanidine groups is 1. The van der Waals surface area contributed by atoms with E-state index in [0.29, 0.717) is 0 Å². The van der Waals surface area contributed by atoms with Crippen LogP contribution in [0.25, 0.3) is 0 Å². The fourth-order valence-electron chi connectivity index (χ4n) is 1.18. The number of nitrogens with zero attached hydrogens (tertiary/aromatic N) is 1. The van der Waals surface area contributed by atoms with Gasteiger partial charge in [0.05, 0.1) is 6.61 Å². The van der Waals surface area contributed by atoms with Crippen molar-refractivity contribution in [1.82, 2.24) is 10.4 Å². The summed E-state index contributed by atoms with van der Waals surface area (Å²) in [5.74, 6) is -0.202. The van der Waals surface area contributed by atoms with Crippen LogP contribution in [0.15, 0.2) is 30.3 Å². The Bertz CT molecular complexity index is 411. The highest BCUT2D eigenvalue weighted by Gasteiger charge is 2.03. The van der Waals surface area contributed by atoms with Crippen molar-refractivity contribution in [3.05, 3.63) is 35.9 Å². The van der Waals surface area contributed by atoms with Crippen LogP contribution in [0.1, 0.15) is 5.56 Å². The van der Waals surface area contributed by atoms with E-state index in [1.165, 1.54) is 7.05 Å². The van der Waals surface area contributed by atoms with Crippen LogP contribution in [0.4, 0.5) is 4.79 Å².